The number of benzene rings is 1. The first-order chi connectivity index (χ1) is 10.2. The van der Waals surface area contributed by atoms with Crippen LogP contribution in [0.2, 0.25) is 0 Å². The van der Waals surface area contributed by atoms with Crippen LogP contribution in [0.25, 0.3) is 22.4 Å². The van der Waals surface area contributed by atoms with E-state index in [1.165, 1.54) is 17.4 Å². The lowest BCUT2D eigenvalue weighted by atomic mass is 9.78. The van der Waals surface area contributed by atoms with Gasteiger partial charge in [0.1, 0.15) is 16.3 Å². The van der Waals surface area contributed by atoms with Gasteiger partial charge in [-0.25, -0.2) is 4.98 Å². The van der Waals surface area contributed by atoms with Gasteiger partial charge >= 0.3 is 0 Å². The minimum atomic E-state index is -0.193. The zero-order valence-electron chi connectivity index (χ0n) is 12.1. The van der Waals surface area contributed by atoms with E-state index in [4.69, 9.17) is 15.1 Å². The Morgan fingerprint density at radius 1 is 1.33 bits per heavy atom. The van der Waals surface area contributed by atoms with Gasteiger partial charge in [0.05, 0.1) is 5.54 Å². The highest BCUT2D eigenvalue weighted by Crippen LogP contribution is 2.42. The van der Waals surface area contributed by atoms with E-state index in [1.54, 1.807) is 11.3 Å². The number of nitrogens with two attached hydrogens (primary N) is 1. The van der Waals surface area contributed by atoms with E-state index in [0.717, 1.165) is 41.3 Å². The quantitative estimate of drug-likeness (QED) is 0.777. The molecule has 2 aromatic heterocycles. The number of hydrogen-bond donors (Lipinski definition) is 1. The number of thiazole rings is 1. The van der Waals surface area contributed by atoms with Crippen LogP contribution >= 0.6 is 11.3 Å². The number of furan rings is 1. The molecular weight excluding hydrogens is 280 g/mol. The van der Waals surface area contributed by atoms with Gasteiger partial charge in [-0.3, -0.25) is 0 Å². The molecule has 1 aromatic carbocycles. The van der Waals surface area contributed by atoms with Crippen molar-refractivity contribution in [2.75, 3.05) is 0 Å². The van der Waals surface area contributed by atoms with Crippen LogP contribution < -0.4 is 5.73 Å². The first-order valence-electron chi connectivity index (χ1n) is 7.47. The second-order valence-electron chi connectivity index (χ2n) is 5.81. The molecule has 4 rings (SSSR count). The van der Waals surface area contributed by atoms with Crippen molar-refractivity contribution in [3.05, 3.63) is 40.2 Å². The number of aromatic nitrogens is 1. The Bertz CT molecular complexity index is 798. The number of aryl methyl sites for hydroxylation is 1. The van der Waals surface area contributed by atoms with Gasteiger partial charge in [-0.1, -0.05) is 25.1 Å². The zero-order chi connectivity index (χ0) is 14.4. The second kappa shape index (κ2) is 4.68. The van der Waals surface area contributed by atoms with Gasteiger partial charge in [-0.15, -0.1) is 11.3 Å². The Morgan fingerprint density at radius 3 is 2.86 bits per heavy atom. The van der Waals surface area contributed by atoms with Gasteiger partial charge < -0.3 is 10.2 Å². The Kier molecular flexibility index (Phi) is 2.91. The maximum atomic E-state index is 6.38. The molecule has 3 aromatic rings. The minimum Gasteiger partial charge on any atom is -0.454 e. The first-order valence-corrected chi connectivity index (χ1v) is 8.35. The summed E-state index contributed by atoms with van der Waals surface area (Å²) in [5.74, 6) is 0.907. The monoisotopic (exact) mass is 298 g/mol. The molecule has 1 fully saturated rings. The van der Waals surface area contributed by atoms with Crippen LogP contribution in [0.15, 0.2) is 34.1 Å². The molecule has 0 radical (unpaired) electrons. The van der Waals surface area contributed by atoms with Crippen molar-refractivity contribution in [2.24, 2.45) is 5.73 Å². The highest BCUT2D eigenvalue weighted by atomic mass is 32.1. The molecule has 3 nitrogen and oxygen atoms in total. The Labute approximate surface area is 127 Å². The summed E-state index contributed by atoms with van der Waals surface area (Å²) in [6, 6.07) is 8.19. The molecule has 0 aliphatic heterocycles. The van der Waals surface area contributed by atoms with Gasteiger partial charge in [0, 0.05) is 16.3 Å². The third-order valence-electron chi connectivity index (χ3n) is 4.46. The lowest BCUT2D eigenvalue weighted by molar-refractivity contribution is 0.253. The van der Waals surface area contributed by atoms with Crippen molar-refractivity contribution in [3.63, 3.8) is 0 Å². The molecule has 0 bridgehead atoms. The maximum Gasteiger partial charge on any atom is 0.157 e. The van der Waals surface area contributed by atoms with Gasteiger partial charge in [-0.2, -0.15) is 0 Å². The summed E-state index contributed by atoms with van der Waals surface area (Å²) in [4.78, 5) is 4.78. The summed E-state index contributed by atoms with van der Waals surface area (Å²) >= 11 is 1.66. The molecule has 2 N–H and O–H groups in total. The summed E-state index contributed by atoms with van der Waals surface area (Å²) in [7, 11) is 0. The van der Waals surface area contributed by atoms with E-state index in [2.05, 4.69) is 24.4 Å². The fourth-order valence-electron chi connectivity index (χ4n) is 3.03. The molecule has 21 heavy (non-hydrogen) atoms. The average molecular weight is 298 g/mol. The van der Waals surface area contributed by atoms with Crippen LogP contribution in [0.4, 0.5) is 0 Å². The predicted octanol–water partition coefficient (Wildman–Crippen LogP) is 4.46. The fourth-order valence-corrected chi connectivity index (χ4v) is 4.01. The molecule has 1 aliphatic carbocycles. The summed E-state index contributed by atoms with van der Waals surface area (Å²) in [6.45, 7) is 2.16. The third kappa shape index (κ3) is 1.93. The minimum absolute atomic E-state index is 0.193. The van der Waals surface area contributed by atoms with Crippen LogP contribution in [0, 0.1) is 0 Å². The van der Waals surface area contributed by atoms with E-state index in [9.17, 15) is 0 Å². The third-order valence-corrected chi connectivity index (χ3v) is 5.52. The molecule has 0 amide bonds. The van der Waals surface area contributed by atoms with Gasteiger partial charge in [-0.05, 0) is 31.7 Å². The summed E-state index contributed by atoms with van der Waals surface area (Å²) in [5, 5.41) is 4.32. The molecule has 0 atom stereocenters. The summed E-state index contributed by atoms with van der Waals surface area (Å²) in [5.41, 5.74) is 9.29. The molecule has 0 spiro atoms. The lowest BCUT2D eigenvalue weighted by Crippen LogP contribution is -2.43. The Hall–Kier alpha value is -1.65. The number of hydrogen-bond acceptors (Lipinski definition) is 4. The van der Waals surface area contributed by atoms with Crippen LogP contribution in [0.1, 0.15) is 36.8 Å². The van der Waals surface area contributed by atoms with Gasteiger partial charge in [0.25, 0.3) is 0 Å². The van der Waals surface area contributed by atoms with Crippen LogP contribution in [0.3, 0.4) is 0 Å². The molecule has 108 valence electrons. The number of nitrogens with zero attached hydrogens (tertiary/aromatic N) is 1. The highest BCUT2D eigenvalue weighted by Gasteiger charge is 2.37. The second-order valence-corrected chi connectivity index (χ2v) is 6.67. The average Bonchev–Trinajstić information content (AvgIpc) is 3.08. The predicted molar refractivity (Wildman–Crippen MR) is 86.4 cm³/mol. The molecule has 0 saturated heterocycles. The van der Waals surface area contributed by atoms with Crippen molar-refractivity contribution >= 4 is 22.3 Å². The molecule has 1 aliphatic rings. The number of fused-ring (bicyclic) bond motifs is 1. The van der Waals surface area contributed by atoms with E-state index in [-0.39, 0.29) is 5.54 Å². The van der Waals surface area contributed by atoms with Crippen LogP contribution in [-0.4, -0.2) is 4.98 Å². The highest BCUT2D eigenvalue weighted by molar-refractivity contribution is 7.10. The molecule has 1 saturated carbocycles. The summed E-state index contributed by atoms with van der Waals surface area (Å²) in [6.07, 6.45) is 4.23. The lowest BCUT2D eigenvalue weighted by Gasteiger charge is -2.35. The fraction of sp³-hybridized carbons (Fsp3) is 0.353. The van der Waals surface area contributed by atoms with E-state index >= 15 is 0 Å². The normalized spacial score (nSPS) is 17.0. The molecule has 0 unspecified atom stereocenters. The van der Waals surface area contributed by atoms with Crippen LogP contribution in [0.5, 0.6) is 0 Å². The largest absolute Gasteiger partial charge is 0.454 e. The van der Waals surface area contributed by atoms with Crippen molar-refractivity contribution in [1.29, 1.82) is 0 Å². The SMILES string of the molecule is CCc1c(-c2csc(C3(N)CCC3)n2)oc2ccccc12. The number of rotatable bonds is 3. The summed E-state index contributed by atoms with van der Waals surface area (Å²) < 4.78 is 6.06. The van der Waals surface area contributed by atoms with Crippen molar-refractivity contribution in [3.8, 4) is 11.5 Å². The van der Waals surface area contributed by atoms with Gasteiger partial charge in [0.15, 0.2) is 5.76 Å². The van der Waals surface area contributed by atoms with Crippen molar-refractivity contribution in [1.82, 2.24) is 4.98 Å². The molecular formula is C17H18N2OS. The topological polar surface area (TPSA) is 52.0 Å². The maximum absolute atomic E-state index is 6.38. The smallest absolute Gasteiger partial charge is 0.157 e. The molecule has 4 heteroatoms. The van der Waals surface area contributed by atoms with E-state index in [1.807, 2.05) is 12.1 Å². The standard InChI is InChI=1S/C17H18N2OS/c1-2-11-12-6-3-4-7-14(12)20-15(11)13-10-21-16(19-13)17(18)8-5-9-17/h3-4,6-7,10H,2,5,8-9,18H2,1H3. The Balaban J connectivity index is 1.83. The van der Waals surface area contributed by atoms with Crippen LogP contribution in [-0.2, 0) is 12.0 Å². The van der Waals surface area contributed by atoms with Gasteiger partial charge in [0.2, 0.25) is 0 Å². The molecule has 2 heterocycles. The van der Waals surface area contributed by atoms with Crippen molar-refractivity contribution < 1.29 is 4.42 Å². The number of para-hydroxylation sites is 1. The van der Waals surface area contributed by atoms with E-state index in [0.29, 0.717) is 0 Å². The van der Waals surface area contributed by atoms with Crippen molar-refractivity contribution in [2.45, 2.75) is 38.1 Å². The van der Waals surface area contributed by atoms with E-state index < -0.39 is 0 Å². The Morgan fingerprint density at radius 2 is 2.14 bits per heavy atom. The zero-order valence-corrected chi connectivity index (χ0v) is 12.9. The first kappa shape index (κ1) is 13.0.